The minimum atomic E-state index is -0.0229. The van der Waals surface area contributed by atoms with Crippen LogP contribution < -0.4 is 5.32 Å². The van der Waals surface area contributed by atoms with E-state index >= 15 is 0 Å². The van der Waals surface area contributed by atoms with Gasteiger partial charge in [-0.2, -0.15) is 0 Å². The summed E-state index contributed by atoms with van der Waals surface area (Å²) in [5, 5.41) is 20.5. The molecule has 1 aliphatic rings. The molecule has 0 aliphatic carbocycles. The maximum absolute atomic E-state index is 12.3. The first-order valence-corrected chi connectivity index (χ1v) is 11.4. The number of hydrogen-bond donors (Lipinski definition) is 1. The highest BCUT2D eigenvalue weighted by Crippen LogP contribution is 2.21. The number of rotatable bonds is 7. The first-order chi connectivity index (χ1) is 14.6. The number of aromatic nitrogens is 6. The van der Waals surface area contributed by atoms with Gasteiger partial charge in [0, 0.05) is 31.6 Å². The molecule has 1 aliphatic heterocycles. The fraction of sp³-hybridized carbons (Fsp3) is 0.476. The summed E-state index contributed by atoms with van der Waals surface area (Å²) in [5.74, 6) is 2.32. The van der Waals surface area contributed by atoms with E-state index in [0.717, 1.165) is 30.3 Å². The lowest BCUT2D eigenvalue weighted by molar-refractivity contribution is -0.118. The first kappa shape index (κ1) is 20.6. The van der Waals surface area contributed by atoms with E-state index in [0.29, 0.717) is 23.9 Å². The summed E-state index contributed by atoms with van der Waals surface area (Å²) in [6, 6.07) is 6.22. The summed E-state index contributed by atoms with van der Waals surface area (Å²) in [6.07, 6.45) is 6.96. The van der Waals surface area contributed by atoms with Gasteiger partial charge >= 0.3 is 0 Å². The topological polar surface area (TPSA) is 90.5 Å². The predicted octanol–water partition coefficient (Wildman–Crippen LogP) is 2.65. The standard InChI is InChI=1S/C21H27N7OS/c1-15-7-8-17(12-16(15)2)28-14-23-26-21(28)30-13-20(29)22-10-9-19-25-24-18-6-4-3-5-11-27(18)19/h7-8,12,14H,3-6,9-11,13H2,1-2H3,(H,22,29). The molecule has 3 heterocycles. The summed E-state index contributed by atoms with van der Waals surface area (Å²) >= 11 is 1.38. The smallest absolute Gasteiger partial charge is 0.230 e. The summed E-state index contributed by atoms with van der Waals surface area (Å²) < 4.78 is 4.13. The molecule has 0 saturated heterocycles. The monoisotopic (exact) mass is 425 g/mol. The van der Waals surface area contributed by atoms with Gasteiger partial charge in [0.15, 0.2) is 5.16 Å². The lowest BCUT2D eigenvalue weighted by atomic mass is 10.1. The molecule has 1 N–H and O–H groups in total. The van der Waals surface area contributed by atoms with Gasteiger partial charge in [-0.25, -0.2) is 0 Å². The van der Waals surface area contributed by atoms with Crippen LogP contribution in [0.25, 0.3) is 5.69 Å². The van der Waals surface area contributed by atoms with E-state index in [2.05, 4.69) is 56.3 Å². The molecule has 3 aromatic rings. The van der Waals surface area contributed by atoms with Crippen LogP contribution in [0.15, 0.2) is 29.7 Å². The number of carbonyl (C=O) groups excluding carboxylic acids is 1. The Labute approximate surface area is 180 Å². The third kappa shape index (κ3) is 4.72. The van der Waals surface area contributed by atoms with Crippen molar-refractivity contribution < 1.29 is 4.79 Å². The zero-order chi connectivity index (χ0) is 20.9. The SMILES string of the molecule is Cc1ccc(-n2cnnc2SCC(=O)NCCc2nnc3n2CCCCC3)cc1C. The molecule has 0 atom stereocenters. The molecule has 0 fully saturated rings. The average Bonchev–Trinajstić information content (AvgIpc) is 3.29. The molecular formula is C21H27N7OS. The second kappa shape index (κ2) is 9.42. The Kier molecular flexibility index (Phi) is 6.47. The number of nitrogens with one attached hydrogen (secondary N) is 1. The molecule has 158 valence electrons. The summed E-state index contributed by atoms with van der Waals surface area (Å²) in [6.45, 7) is 5.71. The van der Waals surface area contributed by atoms with E-state index in [4.69, 9.17) is 0 Å². The van der Waals surface area contributed by atoms with E-state index in [1.807, 2.05) is 10.6 Å². The van der Waals surface area contributed by atoms with Gasteiger partial charge in [-0.1, -0.05) is 24.2 Å². The van der Waals surface area contributed by atoms with Crippen molar-refractivity contribution in [1.29, 1.82) is 0 Å². The van der Waals surface area contributed by atoms with Crippen LogP contribution >= 0.6 is 11.8 Å². The van der Waals surface area contributed by atoms with Crippen molar-refractivity contribution in [2.24, 2.45) is 0 Å². The van der Waals surface area contributed by atoms with Crippen LogP contribution in [0.4, 0.5) is 0 Å². The third-order valence-electron chi connectivity index (χ3n) is 5.47. The Morgan fingerprint density at radius 2 is 2.03 bits per heavy atom. The average molecular weight is 426 g/mol. The Hall–Kier alpha value is -2.68. The van der Waals surface area contributed by atoms with Crippen molar-refractivity contribution in [3.8, 4) is 5.69 Å². The van der Waals surface area contributed by atoms with Crippen molar-refractivity contribution in [3.05, 3.63) is 47.3 Å². The van der Waals surface area contributed by atoms with Crippen LogP contribution in [0.2, 0.25) is 0 Å². The zero-order valence-corrected chi connectivity index (χ0v) is 18.3. The number of aryl methyl sites for hydroxylation is 3. The fourth-order valence-electron chi connectivity index (χ4n) is 3.60. The molecule has 1 aromatic carbocycles. The number of benzene rings is 1. The summed E-state index contributed by atoms with van der Waals surface area (Å²) in [5.41, 5.74) is 3.45. The van der Waals surface area contributed by atoms with E-state index in [-0.39, 0.29) is 5.91 Å². The normalized spacial score (nSPS) is 13.7. The van der Waals surface area contributed by atoms with Crippen LogP contribution in [0.3, 0.4) is 0 Å². The fourth-order valence-corrected chi connectivity index (χ4v) is 4.36. The number of nitrogens with zero attached hydrogens (tertiary/aromatic N) is 6. The Morgan fingerprint density at radius 3 is 2.90 bits per heavy atom. The Morgan fingerprint density at radius 1 is 1.13 bits per heavy atom. The maximum Gasteiger partial charge on any atom is 0.230 e. The highest BCUT2D eigenvalue weighted by Gasteiger charge is 2.15. The molecule has 1 amide bonds. The van der Waals surface area contributed by atoms with Crippen LogP contribution in [0.1, 0.15) is 42.0 Å². The quantitative estimate of drug-likeness (QED) is 0.585. The lowest BCUT2D eigenvalue weighted by Gasteiger charge is -2.09. The van der Waals surface area contributed by atoms with Gasteiger partial charge in [-0.05, 0) is 49.9 Å². The molecule has 4 rings (SSSR count). The summed E-state index contributed by atoms with van der Waals surface area (Å²) in [4.78, 5) is 12.3. The van der Waals surface area contributed by atoms with E-state index in [1.165, 1.54) is 42.2 Å². The Balaban J connectivity index is 1.28. The first-order valence-electron chi connectivity index (χ1n) is 10.4. The van der Waals surface area contributed by atoms with E-state index in [9.17, 15) is 4.79 Å². The van der Waals surface area contributed by atoms with Gasteiger partial charge in [-0.15, -0.1) is 20.4 Å². The van der Waals surface area contributed by atoms with Crippen molar-refractivity contribution in [2.75, 3.05) is 12.3 Å². The molecule has 0 bridgehead atoms. The van der Waals surface area contributed by atoms with Gasteiger partial charge in [0.2, 0.25) is 5.91 Å². The molecule has 0 saturated carbocycles. The van der Waals surface area contributed by atoms with Gasteiger partial charge in [0.25, 0.3) is 0 Å². The number of carbonyl (C=O) groups is 1. The van der Waals surface area contributed by atoms with Crippen LogP contribution in [0.5, 0.6) is 0 Å². The highest BCUT2D eigenvalue weighted by atomic mass is 32.2. The molecule has 0 unspecified atom stereocenters. The highest BCUT2D eigenvalue weighted by molar-refractivity contribution is 7.99. The maximum atomic E-state index is 12.3. The molecule has 0 radical (unpaired) electrons. The van der Waals surface area contributed by atoms with Gasteiger partial charge in [-0.3, -0.25) is 9.36 Å². The van der Waals surface area contributed by atoms with Gasteiger partial charge in [0.1, 0.15) is 18.0 Å². The third-order valence-corrected chi connectivity index (χ3v) is 6.42. The number of fused-ring (bicyclic) bond motifs is 1. The van der Waals surface area contributed by atoms with Crippen LogP contribution in [-0.4, -0.2) is 47.7 Å². The van der Waals surface area contributed by atoms with Crippen molar-refractivity contribution in [3.63, 3.8) is 0 Å². The predicted molar refractivity (Wildman–Crippen MR) is 116 cm³/mol. The molecular weight excluding hydrogens is 398 g/mol. The van der Waals surface area contributed by atoms with Crippen molar-refractivity contribution >= 4 is 17.7 Å². The Bertz CT molecular complexity index is 1030. The van der Waals surface area contributed by atoms with Crippen molar-refractivity contribution in [2.45, 2.75) is 57.7 Å². The molecule has 30 heavy (non-hydrogen) atoms. The molecule has 9 heteroatoms. The van der Waals surface area contributed by atoms with Crippen LogP contribution in [0, 0.1) is 13.8 Å². The second-order valence-electron chi connectivity index (χ2n) is 7.64. The van der Waals surface area contributed by atoms with Gasteiger partial charge < -0.3 is 9.88 Å². The van der Waals surface area contributed by atoms with E-state index < -0.39 is 0 Å². The zero-order valence-electron chi connectivity index (χ0n) is 17.5. The summed E-state index contributed by atoms with van der Waals surface area (Å²) in [7, 11) is 0. The minimum Gasteiger partial charge on any atom is -0.355 e. The van der Waals surface area contributed by atoms with Crippen molar-refractivity contribution in [1.82, 2.24) is 34.8 Å². The molecule has 8 nitrogen and oxygen atoms in total. The molecule has 2 aromatic heterocycles. The van der Waals surface area contributed by atoms with Gasteiger partial charge in [0.05, 0.1) is 5.75 Å². The second-order valence-corrected chi connectivity index (χ2v) is 8.58. The van der Waals surface area contributed by atoms with E-state index in [1.54, 1.807) is 6.33 Å². The lowest BCUT2D eigenvalue weighted by Crippen LogP contribution is -2.28. The van der Waals surface area contributed by atoms with Crippen LogP contribution in [-0.2, 0) is 24.2 Å². The largest absolute Gasteiger partial charge is 0.355 e. The minimum absolute atomic E-state index is 0.0229. The number of amides is 1. The number of thioether (sulfide) groups is 1. The number of hydrogen-bond acceptors (Lipinski definition) is 6. The molecule has 0 spiro atoms.